The molecule has 2 rings (SSSR count). The fourth-order valence-corrected chi connectivity index (χ4v) is 1.42. The summed E-state index contributed by atoms with van der Waals surface area (Å²) in [5, 5.41) is 13.0. The zero-order valence-corrected chi connectivity index (χ0v) is 7.73. The molecule has 1 aromatic carbocycles. The van der Waals surface area contributed by atoms with Crippen LogP contribution in [0.5, 0.6) is 0 Å². The Morgan fingerprint density at radius 3 is 3.00 bits per heavy atom. The summed E-state index contributed by atoms with van der Waals surface area (Å²) < 4.78 is 4.77. The molecule has 78 valence electrons. The van der Waals surface area contributed by atoms with Gasteiger partial charge >= 0.3 is 6.09 Å². The smallest absolute Gasteiger partial charge is 0.411 e. The lowest BCUT2D eigenvalue weighted by Crippen LogP contribution is -2.11. The summed E-state index contributed by atoms with van der Waals surface area (Å²) >= 11 is 0. The summed E-state index contributed by atoms with van der Waals surface area (Å²) in [6.45, 7) is 0.236. The number of nitrogens with zero attached hydrogens (tertiary/aromatic N) is 1. The van der Waals surface area contributed by atoms with Crippen molar-refractivity contribution in [1.82, 2.24) is 0 Å². The van der Waals surface area contributed by atoms with Crippen molar-refractivity contribution in [1.29, 1.82) is 0 Å². The van der Waals surface area contributed by atoms with Gasteiger partial charge in [-0.15, -0.1) is 0 Å². The van der Waals surface area contributed by atoms with Crippen molar-refractivity contribution in [2.24, 2.45) is 0 Å². The first kappa shape index (κ1) is 9.45. The number of hydrogen-bond acceptors (Lipinski definition) is 4. The molecule has 0 saturated heterocycles. The highest BCUT2D eigenvalue weighted by molar-refractivity contribution is 5.86. The highest BCUT2D eigenvalue weighted by Gasteiger charge is 2.16. The number of carbonyl (C=O) groups excluding carboxylic acids is 1. The molecule has 0 aromatic heterocycles. The number of hydrogen-bond donors (Lipinski definition) is 1. The molecule has 0 saturated carbocycles. The number of benzene rings is 1. The van der Waals surface area contributed by atoms with Crippen LogP contribution in [0.15, 0.2) is 18.2 Å². The van der Waals surface area contributed by atoms with Crippen LogP contribution in [0.2, 0.25) is 0 Å². The SMILES string of the molecule is O=C1Nc2ccc([N+](=O)[O-])cc2CCO1. The molecule has 1 aliphatic rings. The van der Waals surface area contributed by atoms with E-state index < -0.39 is 11.0 Å². The second kappa shape index (κ2) is 3.56. The third-order valence-corrected chi connectivity index (χ3v) is 2.14. The fraction of sp³-hybridized carbons (Fsp3) is 0.222. The Labute approximate surface area is 85.0 Å². The van der Waals surface area contributed by atoms with Crippen molar-refractivity contribution < 1.29 is 14.5 Å². The van der Waals surface area contributed by atoms with Crippen LogP contribution in [0.25, 0.3) is 0 Å². The highest BCUT2D eigenvalue weighted by atomic mass is 16.6. The first-order chi connectivity index (χ1) is 7.16. The lowest BCUT2D eigenvalue weighted by Gasteiger charge is -2.03. The molecular formula is C9H8N2O4. The molecule has 15 heavy (non-hydrogen) atoms. The minimum atomic E-state index is -0.525. The van der Waals surface area contributed by atoms with Crippen LogP contribution in [0.1, 0.15) is 5.56 Å². The summed E-state index contributed by atoms with van der Waals surface area (Å²) in [5.41, 5.74) is 1.31. The van der Waals surface area contributed by atoms with Gasteiger partial charge in [0, 0.05) is 24.2 Å². The van der Waals surface area contributed by atoms with Gasteiger partial charge < -0.3 is 4.74 Å². The van der Waals surface area contributed by atoms with Crippen LogP contribution in [0.3, 0.4) is 0 Å². The van der Waals surface area contributed by atoms with E-state index in [4.69, 9.17) is 4.74 Å². The van der Waals surface area contributed by atoms with Gasteiger partial charge in [0.25, 0.3) is 5.69 Å². The molecule has 0 spiro atoms. The van der Waals surface area contributed by atoms with Crippen molar-refractivity contribution in [3.05, 3.63) is 33.9 Å². The zero-order chi connectivity index (χ0) is 10.8. The molecule has 1 heterocycles. The summed E-state index contributed by atoms with van der Waals surface area (Å²) in [7, 11) is 0. The Kier molecular flexibility index (Phi) is 2.24. The van der Waals surface area contributed by atoms with Crippen LogP contribution in [0.4, 0.5) is 16.2 Å². The van der Waals surface area contributed by atoms with Gasteiger partial charge in [-0.2, -0.15) is 0 Å². The van der Waals surface area contributed by atoms with E-state index in [0.717, 1.165) is 5.56 Å². The van der Waals surface area contributed by atoms with Crippen LogP contribution >= 0.6 is 0 Å². The van der Waals surface area contributed by atoms with Crippen molar-refractivity contribution >= 4 is 17.5 Å². The van der Waals surface area contributed by atoms with Crippen LogP contribution in [-0.4, -0.2) is 17.6 Å². The van der Waals surface area contributed by atoms with E-state index >= 15 is 0 Å². The molecule has 1 aliphatic heterocycles. The monoisotopic (exact) mass is 208 g/mol. The van der Waals surface area contributed by atoms with Gasteiger partial charge in [0.2, 0.25) is 0 Å². The molecule has 6 heteroatoms. The Morgan fingerprint density at radius 2 is 2.27 bits per heavy atom. The maximum atomic E-state index is 11.0. The van der Waals surface area contributed by atoms with Gasteiger partial charge in [0.05, 0.1) is 11.5 Å². The van der Waals surface area contributed by atoms with E-state index in [-0.39, 0.29) is 12.3 Å². The maximum Gasteiger partial charge on any atom is 0.411 e. The minimum absolute atomic E-state index is 0.0184. The Bertz CT molecular complexity index is 430. The number of amides is 1. The molecule has 1 amide bonds. The maximum absolute atomic E-state index is 11.0. The molecule has 0 fully saturated rings. The molecule has 0 radical (unpaired) electrons. The van der Waals surface area contributed by atoms with Gasteiger partial charge in [0.1, 0.15) is 0 Å². The van der Waals surface area contributed by atoms with Gasteiger partial charge in [-0.3, -0.25) is 15.4 Å². The third-order valence-electron chi connectivity index (χ3n) is 2.14. The van der Waals surface area contributed by atoms with E-state index in [1.807, 2.05) is 0 Å². The molecule has 6 nitrogen and oxygen atoms in total. The number of ether oxygens (including phenoxy) is 1. The van der Waals surface area contributed by atoms with Gasteiger partial charge in [-0.05, 0) is 11.6 Å². The standard InChI is InChI=1S/C9H8N2O4/c12-9-10-8-2-1-7(11(13)14)5-6(8)3-4-15-9/h1-2,5H,3-4H2,(H,10,12). The lowest BCUT2D eigenvalue weighted by atomic mass is 10.1. The van der Waals surface area contributed by atoms with E-state index in [9.17, 15) is 14.9 Å². The third kappa shape index (κ3) is 1.88. The van der Waals surface area contributed by atoms with Crippen molar-refractivity contribution in [2.75, 3.05) is 11.9 Å². The average molecular weight is 208 g/mol. The molecule has 0 unspecified atom stereocenters. The number of fused-ring (bicyclic) bond motifs is 1. The number of nitrogens with one attached hydrogen (secondary N) is 1. The number of carbonyl (C=O) groups is 1. The van der Waals surface area contributed by atoms with Crippen LogP contribution in [-0.2, 0) is 11.2 Å². The molecule has 1 aromatic rings. The molecule has 0 atom stereocenters. The first-order valence-corrected chi connectivity index (χ1v) is 4.38. The summed E-state index contributed by atoms with van der Waals surface area (Å²) in [6.07, 6.45) is -0.0435. The number of anilines is 1. The summed E-state index contributed by atoms with van der Waals surface area (Å²) in [5.74, 6) is 0. The van der Waals surface area contributed by atoms with Crippen LogP contribution in [0, 0.1) is 10.1 Å². The lowest BCUT2D eigenvalue weighted by molar-refractivity contribution is -0.384. The van der Waals surface area contributed by atoms with E-state index in [0.29, 0.717) is 12.1 Å². The molecule has 1 N–H and O–H groups in total. The Hall–Kier alpha value is -2.11. The molecule has 0 bridgehead atoms. The van der Waals surface area contributed by atoms with Gasteiger partial charge in [-0.1, -0.05) is 0 Å². The van der Waals surface area contributed by atoms with Crippen molar-refractivity contribution in [3.63, 3.8) is 0 Å². The number of non-ortho nitro benzene ring substituents is 1. The second-order valence-corrected chi connectivity index (χ2v) is 3.11. The number of nitro groups is 1. The minimum Gasteiger partial charge on any atom is -0.449 e. The summed E-state index contributed by atoms with van der Waals surface area (Å²) in [4.78, 5) is 21.1. The largest absolute Gasteiger partial charge is 0.449 e. The topological polar surface area (TPSA) is 81.5 Å². The summed E-state index contributed by atoms with van der Waals surface area (Å²) in [6, 6.07) is 4.31. The normalized spacial score (nSPS) is 14.5. The zero-order valence-electron chi connectivity index (χ0n) is 7.73. The average Bonchev–Trinajstić information content (AvgIpc) is 2.37. The first-order valence-electron chi connectivity index (χ1n) is 4.38. The Morgan fingerprint density at radius 1 is 1.47 bits per heavy atom. The van der Waals surface area contributed by atoms with E-state index in [1.165, 1.54) is 18.2 Å². The van der Waals surface area contributed by atoms with E-state index in [1.54, 1.807) is 0 Å². The Balaban J connectivity index is 2.40. The second-order valence-electron chi connectivity index (χ2n) is 3.11. The van der Waals surface area contributed by atoms with Gasteiger partial charge in [-0.25, -0.2) is 4.79 Å². The van der Waals surface area contributed by atoms with Gasteiger partial charge in [0.15, 0.2) is 0 Å². The predicted octanol–water partition coefficient (Wildman–Crippen LogP) is 1.70. The quantitative estimate of drug-likeness (QED) is 0.562. The van der Waals surface area contributed by atoms with Crippen molar-refractivity contribution in [3.8, 4) is 0 Å². The van der Waals surface area contributed by atoms with Crippen LogP contribution < -0.4 is 5.32 Å². The van der Waals surface area contributed by atoms with E-state index in [2.05, 4.69) is 5.32 Å². The predicted molar refractivity (Wildman–Crippen MR) is 51.8 cm³/mol. The molecule has 0 aliphatic carbocycles. The number of nitro benzene ring substituents is 1. The number of rotatable bonds is 1. The number of cyclic esters (lactones) is 1. The molecular weight excluding hydrogens is 200 g/mol. The fourth-order valence-electron chi connectivity index (χ4n) is 1.42. The van der Waals surface area contributed by atoms with Crippen molar-refractivity contribution in [2.45, 2.75) is 6.42 Å². The highest BCUT2D eigenvalue weighted by Crippen LogP contribution is 2.24.